The summed E-state index contributed by atoms with van der Waals surface area (Å²) < 4.78 is 1.13. The number of nitrogens with one attached hydrogen (secondary N) is 1. The first-order valence-corrected chi connectivity index (χ1v) is 7.04. The Bertz CT molecular complexity index is 696. The number of carboxylic acid groups (broad SMARTS) is 1. The third kappa shape index (κ3) is 3.59. The molecule has 0 saturated heterocycles. The minimum atomic E-state index is -1.06. The van der Waals surface area contributed by atoms with E-state index in [9.17, 15) is 4.79 Å². The topological polar surface area (TPSA) is 121 Å². The van der Waals surface area contributed by atoms with Crippen molar-refractivity contribution in [2.45, 2.75) is 0 Å². The van der Waals surface area contributed by atoms with E-state index in [4.69, 9.17) is 20.9 Å². The van der Waals surface area contributed by atoms with E-state index in [1.54, 1.807) is 18.2 Å². The number of hydrogen-bond acceptors (Lipinski definition) is 5. The number of anilines is 1. The van der Waals surface area contributed by atoms with Crippen LogP contribution in [0.5, 0.6) is 0 Å². The van der Waals surface area contributed by atoms with Gasteiger partial charge in [0.25, 0.3) is 0 Å². The van der Waals surface area contributed by atoms with Gasteiger partial charge < -0.3 is 10.4 Å². The highest BCUT2D eigenvalue weighted by Gasteiger charge is 2.14. The lowest BCUT2D eigenvalue weighted by molar-refractivity contribution is 0.0696. The zero-order valence-electron chi connectivity index (χ0n) is 9.61. The van der Waals surface area contributed by atoms with Crippen molar-refractivity contribution in [3.63, 3.8) is 0 Å². The molecule has 0 bridgehead atoms. The van der Waals surface area contributed by atoms with Gasteiger partial charge in [0.2, 0.25) is 0 Å². The van der Waals surface area contributed by atoms with E-state index in [0.717, 1.165) is 0 Å². The second kappa shape index (κ2) is 7.08. The van der Waals surface area contributed by atoms with Crippen LogP contribution in [0.3, 0.4) is 0 Å². The van der Waals surface area contributed by atoms with Crippen LogP contribution in [0, 0.1) is 41.1 Å². The van der Waals surface area contributed by atoms with Crippen molar-refractivity contribution < 1.29 is 9.90 Å². The number of hydrogen-bond donors (Lipinski definition) is 2. The summed E-state index contributed by atoms with van der Waals surface area (Å²) in [6.07, 6.45) is 0. The van der Waals surface area contributed by atoms with Crippen LogP contribution in [0.2, 0.25) is 0 Å². The Morgan fingerprint density at radius 2 is 1.60 bits per heavy atom. The first-order chi connectivity index (χ1) is 9.44. The highest BCUT2D eigenvalue weighted by atomic mass is 127. The number of nitrogens with zero attached hydrogens (tertiary/aromatic N) is 3. The molecular formula is C12H4I2N4O2. The van der Waals surface area contributed by atoms with Crippen molar-refractivity contribution in [2.24, 2.45) is 0 Å². The van der Waals surface area contributed by atoms with E-state index in [0.29, 0.717) is 12.8 Å². The van der Waals surface area contributed by atoms with Gasteiger partial charge in [-0.1, -0.05) is 0 Å². The zero-order chi connectivity index (χ0) is 15.3. The molecule has 0 unspecified atom stereocenters. The Labute approximate surface area is 141 Å². The Kier molecular flexibility index (Phi) is 5.74. The number of rotatable bonds is 3. The fourth-order valence-electron chi connectivity index (χ4n) is 1.22. The van der Waals surface area contributed by atoms with Gasteiger partial charge in [-0.25, -0.2) is 4.79 Å². The molecular weight excluding hydrogens is 486 g/mol. The predicted octanol–water partition coefficient (Wildman–Crippen LogP) is 2.83. The molecule has 2 N–H and O–H groups in total. The Morgan fingerprint density at radius 3 is 1.95 bits per heavy atom. The van der Waals surface area contributed by atoms with Crippen molar-refractivity contribution in [3.05, 3.63) is 36.1 Å². The summed E-state index contributed by atoms with van der Waals surface area (Å²) in [6.45, 7) is 0. The number of halogens is 2. The molecule has 6 nitrogen and oxygen atoms in total. The third-order valence-electron chi connectivity index (χ3n) is 2.12. The van der Waals surface area contributed by atoms with Crippen LogP contribution in [0.25, 0.3) is 0 Å². The van der Waals surface area contributed by atoms with E-state index in [2.05, 4.69) is 5.32 Å². The normalized spacial score (nSPS) is 8.75. The van der Waals surface area contributed by atoms with Crippen LogP contribution < -0.4 is 5.32 Å². The van der Waals surface area contributed by atoms with Crippen molar-refractivity contribution in [1.29, 1.82) is 15.8 Å². The summed E-state index contributed by atoms with van der Waals surface area (Å²) >= 11 is 3.83. The fourth-order valence-corrected chi connectivity index (χ4v) is 3.26. The molecule has 0 heterocycles. The maximum Gasteiger partial charge on any atom is 0.335 e. The molecule has 98 valence electrons. The standard InChI is InChI=1S/C12H4I2N4O2/c13-8-1-6(12(19)20)2-9(14)11(8)18-10(5-17)7(3-15)4-16/h1-2,18H,(H,19,20). The number of aromatic carboxylic acids is 1. The molecule has 0 aliphatic carbocycles. The summed E-state index contributed by atoms with van der Waals surface area (Å²) in [5, 5.41) is 38.1. The molecule has 0 radical (unpaired) electrons. The quantitative estimate of drug-likeness (QED) is 0.497. The van der Waals surface area contributed by atoms with E-state index in [1.165, 1.54) is 12.1 Å². The van der Waals surface area contributed by atoms with Crippen LogP contribution in [0.4, 0.5) is 5.69 Å². The summed E-state index contributed by atoms with van der Waals surface area (Å²) in [5.74, 6) is -1.06. The van der Waals surface area contributed by atoms with Crippen molar-refractivity contribution in [3.8, 4) is 18.2 Å². The highest BCUT2D eigenvalue weighted by Crippen LogP contribution is 2.28. The van der Waals surface area contributed by atoms with Gasteiger partial charge in [0.05, 0.1) is 11.3 Å². The maximum atomic E-state index is 10.9. The van der Waals surface area contributed by atoms with Crippen LogP contribution in [-0.4, -0.2) is 11.1 Å². The minimum absolute atomic E-state index is 0.118. The second-order valence-corrected chi connectivity index (χ2v) is 5.65. The molecule has 8 heteroatoms. The van der Waals surface area contributed by atoms with Gasteiger partial charge in [-0.3, -0.25) is 0 Å². The molecule has 0 amide bonds. The van der Waals surface area contributed by atoms with Gasteiger partial charge >= 0.3 is 5.97 Å². The Morgan fingerprint density at radius 1 is 1.10 bits per heavy atom. The van der Waals surface area contributed by atoms with Gasteiger partial charge in [0, 0.05) is 7.14 Å². The predicted molar refractivity (Wildman–Crippen MR) is 86.3 cm³/mol. The number of carbonyl (C=O) groups is 1. The molecule has 0 spiro atoms. The SMILES string of the molecule is N#CC(C#N)=C(C#N)Nc1c(I)cc(C(=O)O)cc1I. The number of allylic oxidation sites excluding steroid dienone is 2. The van der Waals surface area contributed by atoms with Crippen LogP contribution in [-0.2, 0) is 0 Å². The molecule has 0 saturated carbocycles. The molecule has 1 rings (SSSR count). The summed E-state index contributed by atoms with van der Waals surface area (Å²) in [6, 6.07) is 7.86. The van der Waals surface area contributed by atoms with Crippen molar-refractivity contribution >= 4 is 56.8 Å². The summed E-state index contributed by atoms with van der Waals surface area (Å²) in [7, 11) is 0. The average molecular weight is 490 g/mol. The highest BCUT2D eigenvalue weighted by molar-refractivity contribution is 14.1. The first-order valence-electron chi connectivity index (χ1n) is 4.88. The molecule has 0 fully saturated rings. The second-order valence-electron chi connectivity index (χ2n) is 3.33. The summed E-state index contributed by atoms with van der Waals surface area (Å²) in [4.78, 5) is 10.9. The molecule has 1 aromatic rings. The molecule has 1 aromatic carbocycles. The molecule has 20 heavy (non-hydrogen) atoms. The summed E-state index contributed by atoms with van der Waals surface area (Å²) in [5.41, 5.74) is 0.0960. The Balaban J connectivity index is 3.35. The van der Waals surface area contributed by atoms with Gasteiger partial charge in [-0.15, -0.1) is 0 Å². The minimum Gasteiger partial charge on any atom is -0.478 e. The molecule has 0 aromatic heterocycles. The lowest BCUT2D eigenvalue weighted by atomic mass is 10.2. The van der Waals surface area contributed by atoms with Gasteiger partial charge in [0.15, 0.2) is 5.57 Å². The Hall–Kier alpha value is -1.84. The maximum absolute atomic E-state index is 10.9. The number of carboxylic acids is 1. The zero-order valence-corrected chi connectivity index (χ0v) is 13.9. The van der Waals surface area contributed by atoms with Crippen LogP contribution in [0.1, 0.15) is 10.4 Å². The van der Waals surface area contributed by atoms with Gasteiger partial charge in [-0.2, -0.15) is 15.8 Å². The monoisotopic (exact) mass is 490 g/mol. The van der Waals surface area contributed by atoms with Crippen LogP contribution >= 0.6 is 45.2 Å². The molecule has 0 aliphatic rings. The van der Waals surface area contributed by atoms with Crippen molar-refractivity contribution in [1.82, 2.24) is 0 Å². The van der Waals surface area contributed by atoms with Gasteiger partial charge in [-0.05, 0) is 57.3 Å². The van der Waals surface area contributed by atoms with E-state index in [1.807, 2.05) is 45.2 Å². The lowest BCUT2D eigenvalue weighted by Crippen LogP contribution is -2.06. The number of nitriles is 3. The molecule has 0 aliphatic heterocycles. The van der Waals surface area contributed by atoms with Gasteiger partial charge in [0.1, 0.15) is 23.9 Å². The molecule has 0 atom stereocenters. The third-order valence-corrected chi connectivity index (χ3v) is 3.83. The first kappa shape index (κ1) is 16.2. The van der Waals surface area contributed by atoms with Crippen LogP contribution in [0.15, 0.2) is 23.4 Å². The van der Waals surface area contributed by atoms with E-state index >= 15 is 0 Å². The fraction of sp³-hybridized carbons (Fsp3) is 0. The largest absolute Gasteiger partial charge is 0.478 e. The van der Waals surface area contributed by atoms with E-state index in [-0.39, 0.29) is 16.8 Å². The smallest absolute Gasteiger partial charge is 0.335 e. The van der Waals surface area contributed by atoms with E-state index < -0.39 is 5.97 Å². The lowest BCUT2D eigenvalue weighted by Gasteiger charge is -2.10. The number of benzene rings is 1. The average Bonchev–Trinajstić information content (AvgIpc) is 2.41. The van der Waals surface area contributed by atoms with Crippen molar-refractivity contribution in [2.75, 3.05) is 5.32 Å².